The number of carboxylic acid groups (broad SMARTS) is 1. The van der Waals surface area contributed by atoms with Crippen molar-refractivity contribution in [3.63, 3.8) is 0 Å². The van der Waals surface area contributed by atoms with E-state index in [0.29, 0.717) is 15.8 Å². The second kappa shape index (κ2) is 6.41. The summed E-state index contributed by atoms with van der Waals surface area (Å²) in [4.78, 5) is 23.3. The number of amides is 1. The van der Waals surface area contributed by atoms with Crippen LogP contribution in [0.3, 0.4) is 0 Å². The van der Waals surface area contributed by atoms with Gasteiger partial charge in [0.05, 0.1) is 22.8 Å². The van der Waals surface area contributed by atoms with Gasteiger partial charge in [0.25, 0.3) is 5.91 Å². The standard InChI is InChI=1S/C15H12BrNO4/c1-21-13-7-6-9(8-11(13)16)14(18)17-12-5-3-2-4-10(12)15(19)20/h2-8H,1H3,(H,17,18)(H,19,20). The van der Waals surface area contributed by atoms with Crippen molar-refractivity contribution in [1.82, 2.24) is 0 Å². The van der Waals surface area contributed by atoms with E-state index in [2.05, 4.69) is 21.2 Å². The number of nitrogens with one attached hydrogen (secondary N) is 1. The van der Waals surface area contributed by atoms with E-state index in [4.69, 9.17) is 9.84 Å². The summed E-state index contributed by atoms with van der Waals surface area (Å²) in [6, 6.07) is 11.1. The largest absolute Gasteiger partial charge is 0.496 e. The smallest absolute Gasteiger partial charge is 0.337 e. The number of ether oxygens (including phenoxy) is 1. The number of carbonyl (C=O) groups excluding carboxylic acids is 1. The summed E-state index contributed by atoms with van der Waals surface area (Å²) in [7, 11) is 1.53. The van der Waals surface area contributed by atoms with Crippen LogP contribution in [0, 0.1) is 0 Å². The van der Waals surface area contributed by atoms with Gasteiger partial charge in [-0.2, -0.15) is 0 Å². The third-order valence-corrected chi connectivity index (χ3v) is 3.44. The maximum Gasteiger partial charge on any atom is 0.337 e. The molecule has 0 saturated heterocycles. The number of halogens is 1. The Morgan fingerprint density at radius 1 is 1.19 bits per heavy atom. The van der Waals surface area contributed by atoms with Gasteiger partial charge in [-0.15, -0.1) is 0 Å². The van der Waals surface area contributed by atoms with Gasteiger partial charge in [-0.25, -0.2) is 4.79 Å². The second-order valence-corrected chi connectivity index (χ2v) is 5.01. The number of para-hydroxylation sites is 1. The summed E-state index contributed by atoms with van der Waals surface area (Å²) in [5, 5.41) is 11.7. The van der Waals surface area contributed by atoms with Gasteiger partial charge in [0.2, 0.25) is 0 Å². The van der Waals surface area contributed by atoms with Crippen LogP contribution in [0.25, 0.3) is 0 Å². The molecule has 0 radical (unpaired) electrons. The molecule has 2 aromatic carbocycles. The van der Waals surface area contributed by atoms with E-state index in [1.165, 1.54) is 13.2 Å². The summed E-state index contributed by atoms with van der Waals surface area (Å²) in [6.45, 7) is 0. The number of carboxylic acids is 1. The number of anilines is 1. The fraction of sp³-hybridized carbons (Fsp3) is 0.0667. The van der Waals surface area contributed by atoms with E-state index in [1.54, 1.807) is 36.4 Å². The topological polar surface area (TPSA) is 75.6 Å². The summed E-state index contributed by atoms with van der Waals surface area (Å²) in [5.74, 6) is -0.883. The molecule has 0 aliphatic carbocycles. The lowest BCUT2D eigenvalue weighted by Crippen LogP contribution is -2.14. The van der Waals surface area contributed by atoms with E-state index in [1.807, 2.05) is 0 Å². The predicted octanol–water partition coefficient (Wildman–Crippen LogP) is 3.41. The molecule has 108 valence electrons. The van der Waals surface area contributed by atoms with E-state index in [-0.39, 0.29) is 11.3 Å². The number of rotatable bonds is 4. The predicted molar refractivity (Wildman–Crippen MR) is 82.0 cm³/mol. The van der Waals surface area contributed by atoms with Crippen LogP contribution in [-0.4, -0.2) is 24.1 Å². The Kier molecular flexibility index (Phi) is 4.59. The van der Waals surface area contributed by atoms with Crippen LogP contribution in [0.5, 0.6) is 5.75 Å². The van der Waals surface area contributed by atoms with E-state index in [0.717, 1.165) is 0 Å². The van der Waals surface area contributed by atoms with Gasteiger partial charge in [0.15, 0.2) is 0 Å². The first-order chi connectivity index (χ1) is 10.0. The number of aromatic carboxylic acids is 1. The zero-order chi connectivity index (χ0) is 15.4. The highest BCUT2D eigenvalue weighted by molar-refractivity contribution is 9.10. The van der Waals surface area contributed by atoms with Crippen LogP contribution >= 0.6 is 15.9 Å². The molecule has 0 bridgehead atoms. The molecule has 0 saturated carbocycles. The zero-order valence-corrected chi connectivity index (χ0v) is 12.7. The molecule has 2 aromatic rings. The molecule has 0 fully saturated rings. The maximum absolute atomic E-state index is 12.2. The number of benzene rings is 2. The molecule has 0 unspecified atom stereocenters. The van der Waals surface area contributed by atoms with Crippen LogP contribution < -0.4 is 10.1 Å². The number of carbonyl (C=O) groups is 2. The summed E-state index contributed by atoms with van der Waals surface area (Å²) < 4.78 is 5.74. The molecule has 0 aromatic heterocycles. The van der Waals surface area contributed by atoms with Gasteiger partial charge < -0.3 is 15.2 Å². The third kappa shape index (κ3) is 3.41. The van der Waals surface area contributed by atoms with Crippen LogP contribution in [0.15, 0.2) is 46.9 Å². The maximum atomic E-state index is 12.2. The lowest BCUT2D eigenvalue weighted by molar-refractivity contribution is 0.0698. The van der Waals surface area contributed by atoms with Crippen molar-refractivity contribution >= 4 is 33.5 Å². The van der Waals surface area contributed by atoms with E-state index < -0.39 is 11.9 Å². The minimum absolute atomic E-state index is 0.0402. The van der Waals surface area contributed by atoms with Crippen molar-refractivity contribution < 1.29 is 19.4 Å². The number of methoxy groups -OCH3 is 1. The molecule has 0 heterocycles. The van der Waals surface area contributed by atoms with Crippen molar-refractivity contribution in [2.45, 2.75) is 0 Å². The minimum Gasteiger partial charge on any atom is -0.496 e. The normalized spacial score (nSPS) is 10.0. The highest BCUT2D eigenvalue weighted by Gasteiger charge is 2.14. The van der Waals surface area contributed by atoms with E-state index >= 15 is 0 Å². The molecule has 1 amide bonds. The first-order valence-corrected chi connectivity index (χ1v) is 6.79. The Labute approximate surface area is 129 Å². The Bertz CT molecular complexity index is 700. The Hall–Kier alpha value is -2.34. The van der Waals surface area contributed by atoms with Gasteiger partial charge in [0.1, 0.15) is 5.75 Å². The molecule has 0 atom stereocenters. The zero-order valence-electron chi connectivity index (χ0n) is 11.1. The van der Waals surface area contributed by atoms with Crippen LogP contribution in [0.1, 0.15) is 20.7 Å². The minimum atomic E-state index is -1.10. The highest BCUT2D eigenvalue weighted by atomic mass is 79.9. The molecule has 21 heavy (non-hydrogen) atoms. The van der Waals surface area contributed by atoms with Crippen molar-refractivity contribution in [2.75, 3.05) is 12.4 Å². The van der Waals surface area contributed by atoms with Crippen molar-refractivity contribution in [3.05, 3.63) is 58.1 Å². The first kappa shape index (κ1) is 15.1. The molecule has 5 nitrogen and oxygen atoms in total. The van der Waals surface area contributed by atoms with E-state index in [9.17, 15) is 9.59 Å². The molecular formula is C15H12BrNO4. The van der Waals surface area contributed by atoms with Crippen molar-refractivity contribution in [1.29, 1.82) is 0 Å². The summed E-state index contributed by atoms with van der Waals surface area (Å²) in [6.07, 6.45) is 0. The average molecular weight is 350 g/mol. The van der Waals surface area contributed by atoms with Crippen molar-refractivity contribution in [2.24, 2.45) is 0 Å². The fourth-order valence-electron chi connectivity index (χ4n) is 1.78. The fourth-order valence-corrected chi connectivity index (χ4v) is 2.32. The third-order valence-electron chi connectivity index (χ3n) is 2.82. The van der Waals surface area contributed by atoms with Gasteiger partial charge in [-0.1, -0.05) is 12.1 Å². The summed E-state index contributed by atoms with van der Waals surface area (Å²) >= 11 is 3.30. The summed E-state index contributed by atoms with van der Waals surface area (Å²) in [5.41, 5.74) is 0.684. The van der Waals surface area contributed by atoms with Gasteiger partial charge in [-0.05, 0) is 46.3 Å². The van der Waals surface area contributed by atoms with Crippen LogP contribution in [0.4, 0.5) is 5.69 Å². The van der Waals surface area contributed by atoms with Crippen LogP contribution in [-0.2, 0) is 0 Å². The number of hydrogen-bond donors (Lipinski definition) is 2. The molecule has 0 aliphatic heterocycles. The molecule has 2 N–H and O–H groups in total. The second-order valence-electron chi connectivity index (χ2n) is 4.15. The Morgan fingerprint density at radius 3 is 2.52 bits per heavy atom. The highest BCUT2D eigenvalue weighted by Crippen LogP contribution is 2.26. The first-order valence-electron chi connectivity index (χ1n) is 6.00. The Balaban J connectivity index is 2.26. The van der Waals surface area contributed by atoms with Gasteiger partial charge in [0, 0.05) is 5.56 Å². The quantitative estimate of drug-likeness (QED) is 0.886. The average Bonchev–Trinajstić information content (AvgIpc) is 2.47. The number of hydrogen-bond acceptors (Lipinski definition) is 3. The molecule has 2 rings (SSSR count). The lowest BCUT2D eigenvalue weighted by Gasteiger charge is -2.09. The van der Waals surface area contributed by atoms with Crippen molar-refractivity contribution in [3.8, 4) is 5.75 Å². The molecule has 0 aliphatic rings. The molecule has 6 heteroatoms. The molecule has 0 spiro atoms. The lowest BCUT2D eigenvalue weighted by atomic mass is 10.1. The van der Waals surface area contributed by atoms with Crippen LogP contribution in [0.2, 0.25) is 0 Å². The SMILES string of the molecule is COc1ccc(C(=O)Nc2ccccc2C(=O)O)cc1Br. The van der Waals surface area contributed by atoms with Gasteiger partial charge >= 0.3 is 5.97 Å². The molecular weight excluding hydrogens is 338 g/mol. The Morgan fingerprint density at radius 2 is 1.90 bits per heavy atom. The monoisotopic (exact) mass is 349 g/mol. The van der Waals surface area contributed by atoms with Gasteiger partial charge in [-0.3, -0.25) is 4.79 Å².